The zero-order chi connectivity index (χ0) is 15.7. The number of hydrogen-bond acceptors (Lipinski definition) is 1. The third-order valence-electron chi connectivity index (χ3n) is 3.87. The number of fused-ring (bicyclic) bond motifs is 1. The zero-order valence-corrected chi connectivity index (χ0v) is 13.7. The van der Waals surface area contributed by atoms with Gasteiger partial charge in [0.15, 0.2) is 5.11 Å². The summed E-state index contributed by atoms with van der Waals surface area (Å²) in [6.07, 6.45) is 1.80. The van der Waals surface area contributed by atoms with Crippen molar-refractivity contribution in [2.75, 3.05) is 10.2 Å². The number of rotatable bonds is 1. The van der Waals surface area contributed by atoms with Crippen molar-refractivity contribution in [3.8, 4) is 0 Å². The molecule has 0 fully saturated rings. The lowest BCUT2D eigenvalue weighted by Gasteiger charge is -2.37. The molecule has 2 nitrogen and oxygen atoms in total. The first-order valence-corrected chi connectivity index (χ1v) is 7.97. The van der Waals surface area contributed by atoms with Crippen molar-refractivity contribution < 1.29 is 4.39 Å². The van der Waals surface area contributed by atoms with Gasteiger partial charge in [0.25, 0.3) is 0 Å². The van der Waals surface area contributed by atoms with Gasteiger partial charge in [-0.2, -0.15) is 0 Å². The second-order valence-corrected chi connectivity index (χ2v) is 6.29. The van der Waals surface area contributed by atoms with Gasteiger partial charge in [0.1, 0.15) is 5.82 Å². The Morgan fingerprint density at radius 3 is 2.91 bits per heavy atom. The van der Waals surface area contributed by atoms with Crippen molar-refractivity contribution in [1.82, 2.24) is 0 Å². The minimum Gasteiger partial charge on any atom is -0.332 e. The molecule has 1 N–H and O–H groups in total. The zero-order valence-electron chi connectivity index (χ0n) is 12.1. The maximum absolute atomic E-state index is 13.4. The van der Waals surface area contributed by atoms with Crippen molar-refractivity contribution in [2.45, 2.75) is 25.8 Å². The Bertz CT molecular complexity index is 720. The van der Waals surface area contributed by atoms with E-state index >= 15 is 0 Å². The predicted octanol–water partition coefficient (Wildman–Crippen LogP) is 5.02. The SMILES string of the molecule is CC1CCc2cc(F)ccc2N1C(=S)Nc1cccc(Cl)c1. The highest BCUT2D eigenvalue weighted by atomic mass is 35.5. The number of halogens is 2. The number of anilines is 2. The first-order valence-electron chi connectivity index (χ1n) is 7.19. The molecule has 0 saturated heterocycles. The monoisotopic (exact) mass is 334 g/mol. The van der Waals surface area contributed by atoms with Crippen LogP contribution in [0.4, 0.5) is 15.8 Å². The van der Waals surface area contributed by atoms with Gasteiger partial charge in [-0.15, -0.1) is 0 Å². The van der Waals surface area contributed by atoms with E-state index in [4.69, 9.17) is 23.8 Å². The molecule has 1 aliphatic rings. The molecule has 1 atom stereocenters. The van der Waals surface area contributed by atoms with Crippen LogP contribution in [0.5, 0.6) is 0 Å². The number of hydrogen-bond donors (Lipinski definition) is 1. The first-order chi connectivity index (χ1) is 10.5. The van der Waals surface area contributed by atoms with Crippen LogP contribution in [-0.4, -0.2) is 11.2 Å². The van der Waals surface area contributed by atoms with Gasteiger partial charge in [-0.25, -0.2) is 4.39 Å². The molecule has 0 aromatic heterocycles. The Kier molecular flexibility index (Phi) is 4.32. The molecule has 1 heterocycles. The number of nitrogens with one attached hydrogen (secondary N) is 1. The Morgan fingerprint density at radius 1 is 1.32 bits per heavy atom. The summed E-state index contributed by atoms with van der Waals surface area (Å²) in [6, 6.07) is 12.6. The topological polar surface area (TPSA) is 15.3 Å². The average Bonchev–Trinajstić information content (AvgIpc) is 2.47. The summed E-state index contributed by atoms with van der Waals surface area (Å²) in [5.74, 6) is -0.207. The van der Waals surface area contributed by atoms with Crippen LogP contribution >= 0.6 is 23.8 Å². The molecule has 0 amide bonds. The Hall–Kier alpha value is -1.65. The molecule has 0 bridgehead atoms. The molecular formula is C17H16ClFN2S. The highest BCUT2D eigenvalue weighted by molar-refractivity contribution is 7.80. The fourth-order valence-electron chi connectivity index (χ4n) is 2.78. The van der Waals surface area contributed by atoms with Crippen LogP contribution in [0.1, 0.15) is 18.9 Å². The van der Waals surface area contributed by atoms with Crippen LogP contribution in [0.25, 0.3) is 0 Å². The van der Waals surface area contributed by atoms with Gasteiger partial charge in [0, 0.05) is 22.4 Å². The van der Waals surface area contributed by atoms with Crippen LogP contribution < -0.4 is 10.2 Å². The Morgan fingerprint density at radius 2 is 2.14 bits per heavy atom. The standard InChI is InChI=1S/C17H16ClFN2S/c1-11-5-6-12-9-14(19)7-8-16(12)21(11)17(22)20-15-4-2-3-13(18)10-15/h2-4,7-11H,5-6H2,1H3,(H,20,22). The van der Waals surface area contributed by atoms with Crippen molar-refractivity contribution in [2.24, 2.45) is 0 Å². The van der Waals surface area contributed by atoms with Crippen LogP contribution in [0.15, 0.2) is 42.5 Å². The summed E-state index contributed by atoms with van der Waals surface area (Å²) in [5, 5.41) is 4.47. The van der Waals surface area contributed by atoms with Crippen molar-refractivity contribution in [3.63, 3.8) is 0 Å². The van der Waals surface area contributed by atoms with Crippen LogP contribution in [-0.2, 0) is 6.42 Å². The van der Waals surface area contributed by atoms with E-state index in [-0.39, 0.29) is 11.9 Å². The molecule has 0 saturated carbocycles. The van der Waals surface area contributed by atoms with Gasteiger partial charge in [-0.1, -0.05) is 17.7 Å². The van der Waals surface area contributed by atoms with Gasteiger partial charge in [0.05, 0.1) is 0 Å². The van der Waals surface area contributed by atoms with Crippen molar-refractivity contribution in [3.05, 3.63) is 58.9 Å². The van der Waals surface area contributed by atoms with Crippen LogP contribution in [0, 0.1) is 5.82 Å². The molecule has 114 valence electrons. The third-order valence-corrected chi connectivity index (χ3v) is 4.40. The van der Waals surface area contributed by atoms with Gasteiger partial charge >= 0.3 is 0 Å². The fourth-order valence-corrected chi connectivity index (χ4v) is 3.37. The fraction of sp³-hybridized carbons (Fsp3) is 0.235. The molecule has 2 aromatic carbocycles. The van der Waals surface area contributed by atoms with E-state index in [9.17, 15) is 4.39 Å². The summed E-state index contributed by atoms with van der Waals surface area (Å²) in [6.45, 7) is 2.12. The lowest BCUT2D eigenvalue weighted by atomic mass is 9.97. The smallest absolute Gasteiger partial charge is 0.178 e. The molecule has 0 radical (unpaired) electrons. The molecule has 0 aliphatic carbocycles. The summed E-state index contributed by atoms with van der Waals surface area (Å²) in [5.41, 5.74) is 2.81. The maximum Gasteiger partial charge on any atom is 0.178 e. The molecular weight excluding hydrogens is 319 g/mol. The molecule has 5 heteroatoms. The summed E-state index contributed by atoms with van der Waals surface area (Å²) >= 11 is 11.6. The van der Waals surface area contributed by atoms with E-state index in [0.29, 0.717) is 10.1 Å². The van der Waals surface area contributed by atoms with E-state index in [2.05, 4.69) is 17.1 Å². The minimum atomic E-state index is -0.207. The van der Waals surface area contributed by atoms with Crippen molar-refractivity contribution >= 4 is 40.3 Å². The van der Waals surface area contributed by atoms with Gasteiger partial charge < -0.3 is 10.2 Å². The number of benzene rings is 2. The molecule has 2 aromatic rings. The van der Waals surface area contributed by atoms with E-state index in [1.54, 1.807) is 12.1 Å². The van der Waals surface area contributed by atoms with E-state index < -0.39 is 0 Å². The highest BCUT2D eigenvalue weighted by Crippen LogP contribution is 2.32. The van der Waals surface area contributed by atoms with E-state index in [1.807, 2.05) is 24.3 Å². The third kappa shape index (κ3) is 3.08. The van der Waals surface area contributed by atoms with Crippen molar-refractivity contribution in [1.29, 1.82) is 0 Å². The van der Waals surface area contributed by atoms with Gasteiger partial charge in [-0.05, 0) is 73.9 Å². The Labute approximate surface area is 139 Å². The predicted molar refractivity (Wildman–Crippen MR) is 94.3 cm³/mol. The largest absolute Gasteiger partial charge is 0.332 e. The second-order valence-electron chi connectivity index (χ2n) is 5.47. The summed E-state index contributed by atoms with van der Waals surface area (Å²) in [7, 11) is 0. The quantitative estimate of drug-likeness (QED) is 0.737. The first kappa shape index (κ1) is 15.3. The number of aryl methyl sites for hydroxylation is 1. The molecule has 0 spiro atoms. The molecule has 1 unspecified atom stereocenters. The summed E-state index contributed by atoms with van der Waals surface area (Å²) in [4.78, 5) is 2.05. The lowest BCUT2D eigenvalue weighted by Crippen LogP contribution is -2.44. The van der Waals surface area contributed by atoms with Crippen LogP contribution in [0.2, 0.25) is 5.02 Å². The van der Waals surface area contributed by atoms with Gasteiger partial charge in [-0.3, -0.25) is 0 Å². The molecule has 3 rings (SSSR count). The van der Waals surface area contributed by atoms with E-state index in [1.165, 1.54) is 6.07 Å². The summed E-state index contributed by atoms with van der Waals surface area (Å²) < 4.78 is 13.4. The normalized spacial score (nSPS) is 17.0. The molecule has 1 aliphatic heterocycles. The van der Waals surface area contributed by atoms with Crippen LogP contribution in [0.3, 0.4) is 0 Å². The number of thiocarbonyl (C=S) groups is 1. The minimum absolute atomic E-state index is 0.207. The lowest BCUT2D eigenvalue weighted by molar-refractivity contribution is 0.604. The maximum atomic E-state index is 13.4. The average molecular weight is 335 g/mol. The second kappa shape index (κ2) is 6.23. The highest BCUT2D eigenvalue weighted by Gasteiger charge is 2.26. The molecule has 22 heavy (non-hydrogen) atoms. The number of nitrogens with zero attached hydrogens (tertiary/aromatic N) is 1. The Balaban J connectivity index is 1.89. The van der Waals surface area contributed by atoms with E-state index in [0.717, 1.165) is 29.8 Å². The van der Waals surface area contributed by atoms with Gasteiger partial charge in [0.2, 0.25) is 0 Å².